The lowest BCUT2D eigenvalue weighted by molar-refractivity contribution is -0.133. The maximum atomic E-state index is 14.7. The number of sulfonamides is 6. The summed E-state index contributed by atoms with van der Waals surface area (Å²) in [7, 11) is -24.4. The predicted molar refractivity (Wildman–Crippen MR) is 533 cm³/mol. The van der Waals surface area contributed by atoms with E-state index in [1.807, 2.05) is 208 Å². The fourth-order valence-corrected chi connectivity index (χ4v) is 31.0. The average molecular weight is 1980 g/mol. The van der Waals surface area contributed by atoms with Crippen LogP contribution in [0.5, 0.6) is 0 Å². The Morgan fingerprint density at radius 2 is 0.460 bits per heavy atom. The van der Waals surface area contributed by atoms with Gasteiger partial charge in [0, 0.05) is 79.8 Å². The van der Waals surface area contributed by atoms with E-state index in [-0.39, 0.29) is 105 Å². The van der Waals surface area contributed by atoms with Gasteiger partial charge in [-0.05, 0) is 224 Å². The zero-order valence-electron chi connectivity index (χ0n) is 78.6. The van der Waals surface area contributed by atoms with Gasteiger partial charge in [-0.2, -0.15) is 25.8 Å². The van der Waals surface area contributed by atoms with E-state index in [9.17, 15) is 64.9 Å². The number of nitrogens with zero attached hydrogens (tertiary/aromatic N) is 6. The number of fused-ring (bicyclic) bond motifs is 3. The summed E-state index contributed by atoms with van der Waals surface area (Å²) in [6.45, 7) is 21.0. The van der Waals surface area contributed by atoms with Crippen molar-refractivity contribution in [2.45, 2.75) is 211 Å². The number of Topliss-reactive ketones (excluding diaryl/α,β-unsaturated/α-hetero) is 3. The molecule has 12 aromatic rings. The molecule has 6 aliphatic rings. The first-order valence-corrected chi connectivity index (χ1v) is 55.4. The molecule has 6 fully saturated rings. The molecule has 0 bridgehead atoms. The Morgan fingerprint density at radius 3 is 0.701 bits per heavy atom. The maximum absolute atomic E-state index is 14.7. The highest BCUT2D eigenvalue weighted by molar-refractivity contribution is 7.90. The molecular formula is C109H115ClN6O15S6. The lowest BCUT2D eigenvalue weighted by Gasteiger charge is -2.51. The minimum atomic E-state index is -4.11. The van der Waals surface area contributed by atoms with Gasteiger partial charge in [0.05, 0.1) is 65.6 Å². The molecule has 0 aromatic heterocycles. The van der Waals surface area contributed by atoms with E-state index in [2.05, 4.69) is 13.8 Å². The quantitative estimate of drug-likeness (QED) is 0.0686. The first-order valence-electron chi connectivity index (χ1n) is 46.4. The third kappa shape index (κ3) is 20.5. The third-order valence-electron chi connectivity index (χ3n) is 28.1. The van der Waals surface area contributed by atoms with Gasteiger partial charge in [0.2, 0.25) is 60.1 Å². The Kier molecular flexibility index (Phi) is 29.3. The number of hydrogen-bond acceptors (Lipinski definition) is 15. The topological polar surface area (TPSA) is 275 Å². The number of piperidine rings is 6. The van der Waals surface area contributed by atoms with Crippen LogP contribution in [0.15, 0.2) is 321 Å². The molecule has 0 saturated carbocycles. The molecule has 0 unspecified atom stereocenters. The maximum Gasteiger partial charge on any atom is 0.243 e. The first kappa shape index (κ1) is 99.4. The van der Waals surface area contributed by atoms with Crippen LogP contribution in [0, 0.1) is 80.1 Å². The number of ketones is 3. The van der Waals surface area contributed by atoms with Crippen molar-refractivity contribution < 1.29 is 64.9 Å². The first-order chi connectivity index (χ1) is 65.1. The smallest absolute Gasteiger partial charge is 0.243 e. The lowest BCUT2D eigenvalue weighted by Crippen LogP contribution is -2.60. The highest BCUT2D eigenvalue weighted by Crippen LogP contribution is 2.53. The van der Waals surface area contributed by atoms with Gasteiger partial charge in [0.15, 0.2) is 0 Å². The summed E-state index contributed by atoms with van der Waals surface area (Å²) in [6.07, 6.45) is 1.92. The van der Waals surface area contributed by atoms with Crippen molar-refractivity contribution in [2.24, 2.45) is 17.8 Å². The molecule has 18 rings (SSSR count). The molecule has 6 aliphatic heterocycles. The summed E-state index contributed by atoms with van der Waals surface area (Å²) in [5, 5.41) is 0.407. The number of halogens is 1. The Labute approximate surface area is 812 Å². The van der Waals surface area contributed by atoms with Crippen LogP contribution in [-0.4, -0.2) is 131 Å². The Balaban J connectivity index is 0.000000149. The third-order valence-corrected chi connectivity index (χ3v) is 39.8. The molecule has 0 radical (unpaired) electrons. The van der Waals surface area contributed by atoms with Gasteiger partial charge >= 0.3 is 0 Å². The van der Waals surface area contributed by atoms with E-state index >= 15 is 0 Å². The van der Waals surface area contributed by atoms with Crippen LogP contribution < -0.4 is 0 Å². The largest absolute Gasteiger partial charge is 0.299 e. The van der Waals surface area contributed by atoms with Crippen molar-refractivity contribution in [3.63, 3.8) is 0 Å². The highest BCUT2D eigenvalue weighted by atomic mass is 35.5. The van der Waals surface area contributed by atoms with Crippen molar-refractivity contribution >= 4 is 89.1 Å². The Hall–Kier alpha value is -10.6. The van der Waals surface area contributed by atoms with Gasteiger partial charge in [0.1, 0.15) is 17.3 Å². The van der Waals surface area contributed by atoms with Gasteiger partial charge < -0.3 is 0 Å². The van der Waals surface area contributed by atoms with E-state index in [1.54, 1.807) is 121 Å². The summed E-state index contributed by atoms with van der Waals surface area (Å²) in [4.78, 5) is 43.0. The molecule has 714 valence electrons. The molecule has 12 aromatic carbocycles. The molecule has 0 aliphatic carbocycles. The van der Waals surface area contributed by atoms with Crippen molar-refractivity contribution in [1.82, 2.24) is 25.8 Å². The van der Waals surface area contributed by atoms with Gasteiger partial charge in [0.25, 0.3) is 0 Å². The monoisotopic (exact) mass is 1970 g/mol. The minimum Gasteiger partial charge on any atom is -0.299 e. The standard InChI is InChI=1S/2C37H40N2O5S2.C35H35ClN2O5S2/c1-5-28-12-16-29(17-13-28)34-22-36-33(24-38(34)45(41,42)31-18-8-26(3)9-19-31)37(40)23-35(30-14-6-25(2)7-15-30)39(36)46(43,44)32-20-10-27(4)11-21-32;1-5-28-13-15-29(16-14-28)34-22-36-33(24-38(34)45(41,42)31-17-9-25(2)10-18-31)37(40)23-35(30-8-6-7-27(4)21-30)39(36)46(43,44)32-19-11-26(3)12-20-32;1-23-7-11-26(12-8-23)32-20-34-31(22-37(32)44(40,41)29-17-13-28(36)14-18-29)35(39)21-33(27-6-4-5-25(3)19-27)38(34)45(42,43)30-15-9-24(2)10-16-30/h2*6-21,33-36H,5,22-24H2,1-4H3;4-19,31-34H,20-22H2,1-3H3/t2*33-,34+,35+,36+;31-,32+,33+,34+/m111/s1. The summed E-state index contributed by atoms with van der Waals surface area (Å²) in [5.41, 5.74) is 15.4. The lowest BCUT2D eigenvalue weighted by atomic mass is 9.77. The van der Waals surface area contributed by atoms with E-state index in [1.165, 1.54) is 50.1 Å². The zero-order valence-corrected chi connectivity index (χ0v) is 84.2. The average Bonchev–Trinajstić information content (AvgIpc) is 0.729. The van der Waals surface area contributed by atoms with E-state index in [4.69, 9.17) is 11.6 Å². The number of carbonyl (C=O) groups is 3. The zero-order chi connectivity index (χ0) is 97.7. The van der Waals surface area contributed by atoms with Crippen LogP contribution in [0.2, 0.25) is 5.02 Å². The second-order valence-corrected chi connectivity index (χ2v) is 49.1. The molecule has 0 spiro atoms. The summed E-state index contributed by atoms with van der Waals surface area (Å²) < 4.78 is 182. The molecule has 137 heavy (non-hydrogen) atoms. The van der Waals surface area contributed by atoms with Crippen LogP contribution in [-0.2, 0) is 87.4 Å². The fourth-order valence-electron chi connectivity index (χ4n) is 20.4. The van der Waals surface area contributed by atoms with Gasteiger partial charge in [-0.25, -0.2) is 50.5 Å². The Bertz CT molecular complexity index is 7220. The molecule has 21 nitrogen and oxygen atoms in total. The number of rotatable bonds is 20. The number of aryl methyl sites for hydroxylation is 11. The van der Waals surface area contributed by atoms with Crippen LogP contribution in [0.1, 0.15) is 183 Å². The molecule has 0 amide bonds. The molecule has 6 saturated heterocycles. The van der Waals surface area contributed by atoms with Gasteiger partial charge in [-0.1, -0.05) is 282 Å². The van der Waals surface area contributed by atoms with Crippen LogP contribution in [0.3, 0.4) is 0 Å². The van der Waals surface area contributed by atoms with Crippen molar-refractivity contribution in [3.8, 4) is 0 Å². The van der Waals surface area contributed by atoms with Crippen LogP contribution in [0.4, 0.5) is 0 Å². The molecule has 28 heteroatoms. The molecule has 12 atom stereocenters. The molecular weight excluding hydrogens is 1860 g/mol. The van der Waals surface area contributed by atoms with Crippen LogP contribution >= 0.6 is 11.6 Å². The number of hydrogen-bond donors (Lipinski definition) is 0. The number of carbonyl (C=O) groups excluding carboxylic acids is 3. The fraction of sp³-hybridized carbons (Fsp3) is 0.312. The predicted octanol–water partition coefficient (Wildman–Crippen LogP) is 20.2. The summed E-state index contributed by atoms with van der Waals surface area (Å²) in [6, 6.07) is 79.3. The van der Waals surface area contributed by atoms with Crippen molar-refractivity contribution in [2.75, 3.05) is 19.6 Å². The summed E-state index contributed by atoms with van der Waals surface area (Å²) in [5.74, 6) is -2.91. The van der Waals surface area contributed by atoms with Crippen molar-refractivity contribution in [3.05, 3.63) is 391 Å². The SMILES string of the molecule is CCc1ccc([C@@H]2C[C@H]3[C@@H](CN2S(=O)(=O)c2ccc(C)cc2)C(=O)C[C@@H](c2ccc(C)cc2)N3S(=O)(=O)c2ccc(C)cc2)cc1.CCc1ccc([C@@H]2C[C@H]3[C@@H](CN2S(=O)(=O)c2ccc(C)cc2)C(=O)C[C@@H](c2cccc(C)c2)N3S(=O)(=O)c2ccc(C)cc2)cc1.Cc1ccc([C@@H]2C[C@H]3[C@@H](CN2S(=O)(=O)c2ccc(Cl)cc2)C(=O)C[C@@H](c2cccc(C)c2)N3S(=O)(=O)c2ccc(C)cc2)cc1. The number of benzene rings is 12. The normalized spacial score (nSPS) is 22.9. The second kappa shape index (κ2) is 40.3. The van der Waals surface area contributed by atoms with E-state index < -0.39 is 132 Å². The van der Waals surface area contributed by atoms with Crippen LogP contribution in [0.25, 0.3) is 0 Å². The van der Waals surface area contributed by atoms with Gasteiger partial charge in [-0.3, -0.25) is 14.4 Å². The van der Waals surface area contributed by atoms with E-state index in [0.717, 1.165) is 107 Å². The van der Waals surface area contributed by atoms with E-state index in [0.29, 0.717) is 5.02 Å². The highest BCUT2D eigenvalue weighted by Gasteiger charge is 2.59. The minimum absolute atomic E-state index is 0.0377. The Morgan fingerprint density at radius 1 is 0.248 bits per heavy atom. The molecule has 6 heterocycles. The second-order valence-electron chi connectivity index (χ2n) is 37.4. The van der Waals surface area contributed by atoms with Crippen molar-refractivity contribution in [1.29, 1.82) is 0 Å². The molecule has 0 N–H and O–H groups in total. The van der Waals surface area contributed by atoms with Gasteiger partial charge in [-0.15, -0.1) is 0 Å². The summed E-state index contributed by atoms with van der Waals surface area (Å²) >= 11 is 6.07.